The Morgan fingerprint density at radius 1 is 1.23 bits per heavy atom. The van der Waals surface area contributed by atoms with Crippen molar-refractivity contribution in [3.63, 3.8) is 0 Å². The number of nitrogens with zero attached hydrogens (tertiary/aromatic N) is 4. The maximum atomic E-state index is 12.7. The second-order valence-electron chi connectivity index (χ2n) is 9.40. The SMILES string of the molecule is O=[S@@]1CCc2nc(N3C4CC(c5ncc(Cl)cn5)CC3C4)cc(NC3(CO)CCC3)c21. The molecule has 0 radical (unpaired) electrons. The van der Waals surface area contributed by atoms with Gasteiger partial charge in [0.2, 0.25) is 0 Å². The van der Waals surface area contributed by atoms with Gasteiger partial charge in [0.15, 0.2) is 0 Å². The number of nitrogens with one attached hydrogen (secondary N) is 1. The zero-order valence-electron chi connectivity index (χ0n) is 17.3. The van der Waals surface area contributed by atoms with E-state index < -0.39 is 10.8 Å². The van der Waals surface area contributed by atoms with Gasteiger partial charge in [-0.05, 0) is 38.5 Å². The summed E-state index contributed by atoms with van der Waals surface area (Å²) in [5.41, 5.74) is 1.58. The van der Waals surface area contributed by atoms with Gasteiger partial charge in [-0.3, -0.25) is 4.21 Å². The third-order valence-corrected chi connectivity index (χ3v) is 9.19. The van der Waals surface area contributed by atoms with Gasteiger partial charge >= 0.3 is 0 Å². The van der Waals surface area contributed by atoms with Gasteiger partial charge in [-0.1, -0.05) is 11.6 Å². The number of pyridine rings is 1. The second kappa shape index (κ2) is 7.39. The molecule has 164 valence electrons. The molecule has 0 amide bonds. The standard InChI is InChI=1S/C22H26ClN5O2S/c23-14-10-24-21(25-11-14)13-6-15-8-16(7-13)28(15)19-9-18(27-22(12-29)3-1-4-22)20-17(26-19)2-5-31(20)30/h9-11,13,15-16,29H,1-8,12H2,(H,26,27)/t13?,15?,16?,31-/m1/s1. The van der Waals surface area contributed by atoms with Crippen LogP contribution in [0, 0.1) is 0 Å². The fraction of sp³-hybridized carbons (Fsp3) is 0.591. The highest BCUT2D eigenvalue weighted by molar-refractivity contribution is 7.85. The summed E-state index contributed by atoms with van der Waals surface area (Å²) in [4.78, 5) is 17.1. The molecule has 4 fully saturated rings. The van der Waals surface area contributed by atoms with Crippen molar-refractivity contribution in [2.75, 3.05) is 22.6 Å². The van der Waals surface area contributed by atoms with Crippen LogP contribution in [0.1, 0.15) is 56.0 Å². The first kappa shape index (κ1) is 19.9. The summed E-state index contributed by atoms with van der Waals surface area (Å²) in [5, 5.41) is 14.1. The number of anilines is 2. The van der Waals surface area contributed by atoms with E-state index in [1.54, 1.807) is 12.4 Å². The average Bonchev–Trinajstić information content (AvgIpc) is 3.12. The molecular weight excluding hydrogens is 434 g/mol. The molecule has 0 aromatic carbocycles. The van der Waals surface area contributed by atoms with Crippen molar-refractivity contribution in [3.8, 4) is 0 Å². The maximum absolute atomic E-state index is 12.7. The summed E-state index contributed by atoms with van der Waals surface area (Å²) < 4.78 is 12.7. The molecule has 31 heavy (non-hydrogen) atoms. The van der Waals surface area contributed by atoms with E-state index in [9.17, 15) is 9.32 Å². The molecule has 3 atom stereocenters. The largest absolute Gasteiger partial charge is 0.394 e. The molecule has 2 N–H and O–H groups in total. The zero-order valence-corrected chi connectivity index (χ0v) is 18.8. The predicted molar refractivity (Wildman–Crippen MR) is 120 cm³/mol. The molecule has 7 nitrogen and oxygen atoms in total. The normalized spacial score (nSPS) is 30.3. The van der Waals surface area contributed by atoms with Crippen LogP contribution < -0.4 is 10.2 Å². The highest BCUT2D eigenvalue weighted by atomic mass is 35.5. The van der Waals surface area contributed by atoms with Gasteiger partial charge in [-0.2, -0.15) is 0 Å². The van der Waals surface area contributed by atoms with E-state index in [0.29, 0.717) is 28.8 Å². The Balaban J connectivity index is 1.28. The Kier molecular flexibility index (Phi) is 4.74. The van der Waals surface area contributed by atoms with Gasteiger partial charge in [0.25, 0.3) is 0 Å². The van der Waals surface area contributed by atoms with Gasteiger partial charge in [0.05, 0.1) is 44.2 Å². The number of fused-ring (bicyclic) bond motifs is 3. The molecule has 5 aliphatic rings. The van der Waals surface area contributed by atoms with Crippen molar-refractivity contribution in [2.24, 2.45) is 0 Å². The number of halogens is 1. The lowest BCUT2D eigenvalue weighted by atomic mass is 9.73. The van der Waals surface area contributed by atoms with Crippen LogP contribution in [0.15, 0.2) is 23.4 Å². The number of rotatable bonds is 5. The molecular formula is C22H26ClN5O2S. The minimum atomic E-state index is -1.02. The number of piperidine rings is 1. The minimum absolute atomic E-state index is 0.101. The van der Waals surface area contributed by atoms with Crippen molar-refractivity contribution >= 4 is 33.9 Å². The summed E-state index contributed by atoms with van der Waals surface area (Å²) in [6.45, 7) is 0.101. The average molecular weight is 460 g/mol. The van der Waals surface area contributed by atoms with E-state index in [4.69, 9.17) is 16.6 Å². The molecule has 2 aromatic heterocycles. The monoisotopic (exact) mass is 459 g/mol. The first-order valence-electron chi connectivity index (χ1n) is 11.1. The van der Waals surface area contributed by atoms with Gasteiger partial charge in [0.1, 0.15) is 11.6 Å². The van der Waals surface area contributed by atoms with Gasteiger partial charge < -0.3 is 15.3 Å². The lowest BCUT2D eigenvalue weighted by Crippen LogP contribution is -2.61. The summed E-state index contributed by atoms with van der Waals surface area (Å²) in [6.07, 6.45) is 10.3. The Morgan fingerprint density at radius 3 is 2.61 bits per heavy atom. The molecule has 2 aromatic rings. The lowest BCUT2D eigenvalue weighted by Gasteiger charge is -2.56. The number of aliphatic hydroxyl groups is 1. The number of aryl methyl sites for hydroxylation is 1. The van der Waals surface area contributed by atoms with E-state index in [1.807, 2.05) is 0 Å². The molecule has 2 unspecified atom stereocenters. The van der Waals surface area contributed by atoms with E-state index in [0.717, 1.165) is 72.9 Å². The van der Waals surface area contributed by atoms with E-state index in [1.165, 1.54) is 0 Å². The number of aliphatic hydroxyl groups excluding tert-OH is 1. The molecule has 2 saturated carbocycles. The fourth-order valence-electron chi connectivity index (χ4n) is 5.72. The van der Waals surface area contributed by atoms with E-state index in [2.05, 4.69) is 26.3 Å². The minimum Gasteiger partial charge on any atom is -0.394 e. The quantitative estimate of drug-likeness (QED) is 0.710. The number of hydrogen-bond donors (Lipinski definition) is 2. The van der Waals surface area contributed by atoms with Crippen LogP contribution in [0.5, 0.6) is 0 Å². The third-order valence-electron chi connectivity index (χ3n) is 7.51. The molecule has 3 aliphatic heterocycles. The van der Waals surface area contributed by atoms with Crippen LogP contribution in [0.3, 0.4) is 0 Å². The summed E-state index contributed by atoms with van der Waals surface area (Å²) >= 11 is 5.95. The molecule has 7 rings (SSSR count). The zero-order chi connectivity index (χ0) is 21.2. The maximum Gasteiger partial charge on any atom is 0.131 e. The second-order valence-corrected chi connectivity index (χ2v) is 11.3. The predicted octanol–water partition coefficient (Wildman–Crippen LogP) is 3.04. The van der Waals surface area contributed by atoms with Crippen molar-refractivity contribution in [2.45, 2.75) is 73.4 Å². The summed E-state index contributed by atoms with van der Waals surface area (Å²) in [7, 11) is -1.02. The van der Waals surface area contributed by atoms with Gasteiger partial charge in [0, 0.05) is 48.6 Å². The summed E-state index contributed by atoms with van der Waals surface area (Å²) in [5.74, 6) is 2.84. The van der Waals surface area contributed by atoms with E-state index in [-0.39, 0.29) is 12.1 Å². The van der Waals surface area contributed by atoms with Gasteiger partial charge in [-0.15, -0.1) is 0 Å². The van der Waals surface area contributed by atoms with Crippen molar-refractivity contribution in [1.82, 2.24) is 15.0 Å². The molecule has 2 saturated heterocycles. The first-order chi connectivity index (χ1) is 15.0. The van der Waals surface area contributed by atoms with Gasteiger partial charge in [-0.25, -0.2) is 15.0 Å². The Hall–Kier alpha value is -1.77. The number of hydrogen-bond acceptors (Lipinski definition) is 7. The molecule has 2 bridgehead atoms. The van der Waals surface area contributed by atoms with E-state index >= 15 is 0 Å². The Labute approximate surface area is 189 Å². The first-order valence-corrected chi connectivity index (χ1v) is 12.8. The van der Waals surface area contributed by atoms with Crippen LogP contribution in [-0.4, -0.2) is 54.2 Å². The van der Waals surface area contributed by atoms with Crippen molar-refractivity contribution in [1.29, 1.82) is 0 Å². The van der Waals surface area contributed by atoms with Crippen molar-refractivity contribution < 1.29 is 9.32 Å². The van der Waals surface area contributed by atoms with Crippen molar-refractivity contribution in [3.05, 3.63) is 35.0 Å². The van der Waals surface area contributed by atoms with Crippen LogP contribution in [0.25, 0.3) is 0 Å². The van der Waals surface area contributed by atoms with Crippen LogP contribution in [0.2, 0.25) is 5.02 Å². The molecule has 5 heterocycles. The van der Waals surface area contributed by atoms with Crippen LogP contribution in [0.4, 0.5) is 11.5 Å². The fourth-order valence-corrected chi connectivity index (χ4v) is 7.16. The molecule has 0 spiro atoms. The third kappa shape index (κ3) is 3.26. The highest BCUT2D eigenvalue weighted by Gasteiger charge is 2.47. The Bertz CT molecular complexity index is 1030. The topological polar surface area (TPSA) is 91.2 Å². The Morgan fingerprint density at radius 2 is 1.97 bits per heavy atom. The molecule has 9 heteroatoms. The smallest absolute Gasteiger partial charge is 0.131 e. The van der Waals surface area contributed by atoms with Crippen LogP contribution >= 0.6 is 11.6 Å². The van der Waals surface area contributed by atoms with Crippen LogP contribution in [-0.2, 0) is 17.2 Å². The lowest BCUT2D eigenvalue weighted by molar-refractivity contribution is 0.144. The number of aromatic nitrogens is 3. The highest BCUT2D eigenvalue weighted by Crippen LogP contribution is 2.48. The summed E-state index contributed by atoms with van der Waals surface area (Å²) in [6, 6.07) is 2.92. The molecule has 2 aliphatic carbocycles.